The highest BCUT2D eigenvalue weighted by Crippen LogP contribution is 2.18. The van der Waals surface area contributed by atoms with Crippen LogP contribution in [0.2, 0.25) is 0 Å². The highest BCUT2D eigenvalue weighted by atomic mass is 32.1. The molecule has 2 aromatic heterocycles. The molecule has 0 saturated carbocycles. The summed E-state index contributed by atoms with van der Waals surface area (Å²) in [5, 5.41) is 8.34. The third kappa shape index (κ3) is 3.07. The second kappa shape index (κ2) is 5.18. The fourth-order valence-corrected chi connectivity index (χ4v) is 2.50. The van der Waals surface area contributed by atoms with Crippen molar-refractivity contribution in [2.45, 2.75) is 26.9 Å². The van der Waals surface area contributed by atoms with Crippen LogP contribution in [-0.4, -0.2) is 20.7 Å². The molecule has 0 aliphatic carbocycles. The van der Waals surface area contributed by atoms with Gasteiger partial charge in [-0.05, 0) is 13.8 Å². The van der Waals surface area contributed by atoms with Gasteiger partial charge in [-0.3, -0.25) is 9.48 Å². The molecule has 0 aliphatic rings. The van der Waals surface area contributed by atoms with Crippen LogP contribution in [0.15, 0.2) is 12.4 Å². The Kier molecular flexibility index (Phi) is 3.61. The second-order valence-corrected chi connectivity index (χ2v) is 5.28. The summed E-state index contributed by atoms with van der Waals surface area (Å²) in [5.74, 6) is -0.404. The van der Waals surface area contributed by atoms with Gasteiger partial charge in [0.2, 0.25) is 5.91 Å². The van der Waals surface area contributed by atoms with Crippen molar-refractivity contribution < 1.29 is 4.79 Å². The standard InChI is InChI=1S/C11H15N5OS/c1-7-10(18-8(2)15-7)4-13-9-3-14-16(5-9)6-11(12)17/h3,5,13H,4,6H2,1-2H3,(H2,12,17). The van der Waals surface area contributed by atoms with E-state index in [4.69, 9.17) is 5.73 Å². The van der Waals surface area contributed by atoms with Crippen LogP contribution in [0.5, 0.6) is 0 Å². The van der Waals surface area contributed by atoms with Crippen LogP contribution in [-0.2, 0) is 17.9 Å². The van der Waals surface area contributed by atoms with E-state index >= 15 is 0 Å². The van der Waals surface area contributed by atoms with Crippen LogP contribution < -0.4 is 11.1 Å². The molecule has 96 valence electrons. The molecule has 0 bridgehead atoms. The maximum atomic E-state index is 10.7. The maximum Gasteiger partial charge on any atom is 0.239 e. The minimum Gasteiger partial charge on any atom is -0.378 e. The fraction of sp³-hybridized carbons (Fsp3) is 0.364. The number of nitrogens with zero attached hydrogens (tertiary/aromatic N) is 3. The molecule has 7 heteroatoms. The van der Waals surface area contributed by atoms with Crippen LogP contribution in [0.3, 0.4) is 0 Å². The molecule has 3 N–H and O–H groups in total. The number of nitrogens with one attached hydrogen (secondary N) is 1. The summed E-state index contributed by atoms with van der Waals surface area (Å²) in [6.45, 7) is 4.79. The number of carbonyl (C=O) groups excluding carboxylic acids is 1. The van der Waals surface area contributed by atoms with Crippen molar-refractivity contribution in [3.8, 4) is 0 Å². The summed E-state index contributed by atoms with van der Waals surface area (Å²) in [5.41, 5.74) is 7.01. The molecule has 0 spiro atoms. The third-order valence-corrected chi connectivity index (χ3v) is 3.48. The summed E-state index contributed by atoms with van der Waals surface area (Å²) < 4.78 is 1.51. The van der Waals surface area contributed by atoms with Crippen molar-refractivity contribution in [3.63, 3.8) is 0 Å². The minimum absolute atomic E-state index is 0.0976. The molecule has 0 unspecified atom stereocenters. The first-order valence-electron chi connectivity index (χ1n) is 5.52. The highest BCUT2D eigenvalue weighted by molar-refractivity contribution is 7.11. The molecule has 0 fully saturated rings. The van der Waals surface area contributed by atoms with Gasteiger partial charge in [-0.1, -0.05) is 0 Å². The van der Waals surface area contributed by atoms with E-state index in [1.54, 1.807) is 23.7 Å². The predicted molar refractivity (Wildman–Crippen MR) is 70.3 cm³/mol. The molecule has 2 rings (SSSR count). The Hall–Kier alpha value is -1.89. The minimum atomic E-state index is -0.404. The SMILES string of the molecule is Cc1nc(C)c(CNc2cnn(CC(N)=O)c2)s1. The number of aryl methyl sites for hydroxylation is 2. The molecular weight excluding hydrogens is 250 g/mol. The zero-order chi connectivity index (χ0) is 13.1. The number of nitrogens with two attached hydrogens (primary N) is 1. The van der Waals surface area contributed by atoms with Crippen molar-refractivity contribution in [1.82, 2.24) is 14.8 Å². The van der Waals surface area contributed by atoms with E-state index in [0.29, 0.717) is 6.54 Å². The van der Waals surface area contributed by atoms with E-state index < -0.39 is 5.91 Å². The molecule has 0 aliphatic heterocycles. The van der Waals surface area contributed by atoms with Crippen molar-refractivity contribution in [1.29, 1.82) is 0 Å². The molecular formula is C11H15N5OS. The topological polar surface area (TPSA) is 85.8 Å². The van der Waals surface area contributed by atoms with Gasteiger partial charge in [0.1, 0.15) is 6.54 Å². The molecule has 0 saturated heterocycles. The lowest BCUT2D eigenvalue weighted by Crippen LogP contribution is -2.18. The monoisotopic (exact) mass is 265 g/mol. The summed E-state index contributed by atoms with van der Waals surface area (Å²) >= 11 is 1.68. The quantitative estimate of drug-likeness (QED) is 0.846. The van der Waals surface area contributed by atoms with E-state index in [-0.39, 0.29) is 6.54 Å². The summed E-state index contributed by atoms with van der Waals surface area (Å²) in [6.07, 6.45) is 3.43. The first-order valence-corrected chi connectivity index (χ1v) is 6.34. The molecule has 1 amide bonds. The molecule has 0 atom stereocenters. The maximum absolute atomic E-state index is 10.7. The first kappa shape index (κ1) is 12.6. The number of amides is 1. The highest BCUT2D eigenvalue weighted by Gasteiger charge is 2.05. The van der Waals surface area contributed by atoms with Gasteiger partial charge in [0.15, 0.2) is 0 Å². The number of primary amides is 1. The van der Waals surface area contributed by atoms with Crippen LogP contribution in [0.25, 0.3) is 0 Å². The van der Waals surface area contributed by atoms with Crippen LogP contribution in [0.4, 0.5) is 5.69 Å². The van der Waals surface area contributed by atoms with Crippen molar-refractivity contribution >= 4 is 22.9 Å². The van der Waals surface area contributed by atoms with Gasteiger partial charge in [-0.2, -0.15) is 5.10 Å². The van der Waals surface area contributed by atoms with Gasteiger partial charge >= 0.3 is 0 Å². The van der Waals surface area contributed by atoms with Crippen molar-refractivity contribution in [3.05, 3.63) is 28.0 Å². The van der Waals surface area contributed by atoms with Crippen LogP contribution >= 0.6 is 11.3 Å². The largest absolute Gasteiger partial charge is 0.378 e. The lowest BCUT2D eigenvalue weighted by Gasteiger charge is -2.01. The van der Waals surface area contributed by atoms with Crippen LogP contribution in [0.1, 0.15) is 15.6 Å². The van der Waals surface area contributed by atoms with Gasteiger partial charge < -0.3 is 11.1 Å². The Morgan fingerprint density at radius 3 is 2.94 bits per heavy atom. The number of aromatic nitrogens is 3. The normalized spacial score (nSPS) is 10.6. The number of hydrogen-bond acceptors (Lipinski definition) is 5. The van der Waals surface area contributed by atoms with Crippen molar-refractivity contribution in [2.24, 2.45) is 5.73 Å². The van der Waals surface area contributed by atoms with Gasteiger partial charge in [-0.25, -0.2) is 4.98 Å². The van der Waals surface area contributed by atoms with E-state index in [0.717, 1.165) is 16.4 Å². The van der Waals surface area contributed by atoms with Crippen LogP contribution in [0, 0.1) is 13.8 Å². The zero-order valence-corrected chi connectivity index (χ0v) is 11.1. The Morgan fingerprint density at radius 2 is 2.33 bits per heavy atom. The van der Waals surface area contributed by atoms with E-state index in [2.05, 4.69) is 15.4 Å². The van der Waals surface area contributed by atoms with Gasteiger partial charge in [0.05, 0.1) is 29.1 Å². The average molecular weight is 265 g/mol. The number of hydrogen-bond donors (Lipinski definition) is 2. The summed E-state index contributed by atoms with van der Waals surface area (Å²) in [7, 11) is 0. The fourth-order valence-electron chi connectivity index (χ4n) is 1.62. The molecule has 0 radical (unpaired) electrons. The third-order valence-electron chi connectivity index (χ3n) is 2.40. The van der Waals surface area contributed by atoms with E-state index in [1.807, 2.05) is 13.8 Å². The average Bonchev–Trinajstić information content (AvgIpc) is 2.82. The Bertz CT molecular complexity index is 560. The Balaban J connectivity index is 1.96. The lowest BCUT2D eigenvalue weighted by molar-refractivity contribution is -0.118. The van der Waals surface area contributed by atoms with Gasteiger partial charge in [0.25, 0.3) is 0 Å². The van der Waals surface area contributed by atoms with E-state index in [1.165, 1.54) is 9.56 Å². The zero-order valence-electron chi connectivity index (χ0n) is 10.3. The van der Waals surface area contributed by atoms with Gasteiger partial charge in [-0.15, -0.1) is 11.3 Å². The summed E-state index contributed by atoms with van der Waals surface area (Å²) in [4.78, 5) is 16.3. The van der Waals surface area contributed by atoms with Crippen molar-refractivity contribution in [2.75, 3.05) is 5.32 Å². The molecule has 18 heavy (non-hydrogen) atoms. The number of anilines is 1. The first-order chi connectivity index (χ1) is 8.54. The molecule has 6 nitrogen and oxygen atoms in total. The Labute approximate surface area is 109 Å². The molecule has 2 heterocycles. The molecule has 0 aromatic carbocycles. The number of thiazole rings is 1. The number of carbonyl (C=O) groups is 1. The summed E-state index contributed by atoms with van der Waals surface area (Å²) in [6, 6.07) is 0. The Morgan fingerprint density at radius 1 is 1.56 bits per heavy atom. The smallest absolute Gasteiger partial charge is 0.239 e. The lowest BCUT2D eigenvalue weighted by atomic mass is 10.4. The van der Waals surface area contributed by atoms with E-state index in [9.17, 15) is 4.79 Å². The second-order valence-electron chi connectivity index (χ2n) is 3.99. The molecule has 2 aromatic rings. The number of rotatable bonds is 5. The van der Waals surface area contributed by atoms with Gasteiger partial charge in [0, 0.05) is 11.1 Å². The predicted octanol–water partition coefficient (Wildman–Crippen LogP) is 1.05.